The van der Waals surface area contributed by atoms with E-state index in [1.165, 1.54) is 11.3 Å². The van der Waals surface area contributed by atoms with Gasteiger partial charge in [0.05, 0.1) is 23.0 Å². The Morgan fingerprint density at radius 1 is 1.21 bits per heavy atom. The highest BCUT2D eigenvalue weighted by Gasteiger charge is 2.24. The van der Waals surface area contributed by atoms with Crippen molar-refractivity contribution in [1.82, 2.24) is 29.4 Å². The molecule has 3 aromatic heterocycles. The second kappa shape index (κ2) is 6.84. The van der Waals surface area contributed by atoms with E-state index in [9.17, 15) is 9.59 Å². The zero-order valence-electron chi connectivity index (χ0n) is 15.0. The van der Waals surface area contributed by atoms with Gasteiger partial charge in [0, 0.05) is 55.8 Å². The molecule has 0 atom stereocenters. The van der Waals surface area contributed by atoms with Crippen molar-refractivity contribution in [3.05, 3.63) is 63.7 Å². The third-order valence-electron chi connectivity index (χ3n) is 5.11. The highest BCUT2D eigenvalue weighted by molar-refractivity contribution is 7.15. The molecule has 1 saturated heterocycles. The molecular formula is C19H18N6O2S. The minimum atomic E-state index is -0.0530. The summed E-state index contributed by atoms with van der Waals surface area (Å²) in [6.45, 7) is 3.39. The van der Waals surface area contributed by atoms with Gasteiger partial charge >= 0.3 is 0 Å². The Bertz CT molecular complexity index is 1220. The van der Waals surface area contributed by atoms with Crippen LogP contribution in [-0.4, -0.2) is 61.5 Å². The Kier molecular flexibility index (Phi) is 4.18. The van der Waals surface area contributed by atoms with E-state index in [-0.39, 0.29) is 11.5 Å². The lowest BCUT2D eigenvalue weighted by molar-refractivity contribution is 0.0629. The molecule has 5 rings (SSSR count). The smallest absolute Gasteiger partial charge is 0.258 e. The number of hydrogen-bond donors (Lipinski definition) is 1. The molecule has 0 unspecified atom stereocenters. The molecule has 0 spiro atoms. The van der Waals surface area contributed by atoms with Gasteiger partial charge in [0.15, 0.2) is 4.96 Å². The molecule has 1 amide bonds. The van der Waals surface area contributed by atoms with Gasteiger partial charge in [0.2, 0.25) is 0 Å². The summed E-state index contributed by atoms with van der Waals surface area (Å²) in [5.41, 5.74) is 2.15. The van der Waals surface area contributed by atoms with Gasteiger partial charge in [-0.2, -0.15) is 5.10 Å². The summed E-state index contributed by atoms with van der Waals surface area (Å²) in [4.78, 5) is 34.5. The van der Waals surface area contributed by atoms with Crippen LogP contribution in [-0.2, 0) is 6.54 Å². The zero-order chi connectivity index (χ0) is 19.1. The molecule has 1 aliphatic rings. The number of rotatable bonds is 3. The molecule has 0 aliphatic carbocycles. The molecule has 28 heavy (non-hydrogen) atoms. The predicted octanol–water partition coefficient (Wildman–Crippen LogP) is 1.59. The average molecular weight is 394 g/mol. The van der Waals surface area contributed by atoms with Crippen LogP contribution in [0.5, 0.6) is 0 Å². The van der Waals surface area contributed by atoms with Gasteiger partial charge in [0.1, 0.15) is 0 Å². The Morgan fingerprint density at radius 2 is 2.07 bits per heavy atom. The summed E-state index contributed by atoms with van der Waals surface area (Å²) in [6, 6.07) is 7.25. The maximum Gasteiger partial charge on any atom is 0.258 e. The molecule has 142 valence electrons. The number of aromatic nitrogens is 4. The van der Waals surface area contributed by atoms with Crippen LogP contribution in [0.3, 0.4) is 0 Å². The molecule has 9 heteroatoms. The van der Waals surface area contributed by atoms with E-state index in [0.29, 0.717) is 30.2 Å². The summed E-state index contributed by atoms with van der Waals surface area (Å²) >= 11 is 1.45. The zero-order valence-corrected chi connectivity index (χ0v) is 15.9. The molecule has 4 aromatic rings. The van der Waals surface area contributed by atoms with Crippen LogP contribution >= 0.6 is 11.3 Å². The van der Waals surface area contributed by atoms with E-state index in [4.69, 9.17) is 0 Å². The van der Waals surface area contributed by atoms with Crippen molar-refractivity contribution in [3.8, 4) is 0 Å². The Labute approximate surface area is 164 Å². The number of carbonyl (C=O) groups excluding carboxylic acids is 1. The van der Waals surface area contributed by atoms with Crippen molar-refractivity contribution in [1.29, 1.82) is 0 Å². The lowest BCUT2D eigenvalue weighted by Crippen LogP contribution is -2.48. The maximum absolute atomic E-state index is 12.9. The number of nitrogens with zero attached hydrogens (tertiary/aromatic N) is 5. The second-order valence-corrected chi connectivity index (χ2v) is 7.72. The Hall–Kier alpha value is -3.04. The lowest BCUT2D eigenvalue weighted by Gasteiger charge is -2.34. The number of benzene rings is 1. The predicted molar refractivity (Wildman–Crippen MR) is 107 cm³/mol. The van der Waals surface area contributed by atoms with Gasteiger partial charge in [-0.1, -0.05) is 12.1 Å². The van der Waals surface area contributed by atoms with Crippen LogP contribution in [0, 0.1) is 0 Å². The summed E-state index contributed by atoms with van der Waals surface area (Å²) in [5.74, 6) is 0.0193. The fourth-order valence-electron chi connectivity index (χ4n) is 3.62. The monoisotopic (exact) mass is 394 g/mol. The SMILES string of the molecule is O=C(c1cccc2cn[nH]c12)N1CCN(Cc2cc(=O)n3ccsc3n2)CC1. The first-order chi connectivity index (χ1) is 13.7. The van der Waals surface area contributed by atoms with Crippen molar-refractivity contribution in [3.63, 3.8) is 0 Å². The summed E-state index contributed by atoms with van der Waals surface area (Å²) < 4.78 is 1.56. The van der Waals surface area contributed by atoms with Gasteiger partial charge in [-0.25, -0.2) is 4.98 Å². The first-order valence-electron chi connectivity index (χ1n) is 9.08. The quantitative estimate of drug-likeness (QED) is 0.570. The van der Waals surface area contributed by atoms with Crippen LogP contribution in [0.1, 0.15) is 16.1 Å². The van der Waals surface area contributed by atoms with Crippen LogP contribution in [0.4, 0.5) is 0 Å². The van der Waals surface area contributed by atoms with Gasteiger partial charge in [-0.15, -0.1) is 11.3 Å². The molecule has 4 heterocycles. The molecule has 0 bridgehead atoms. The number of nitrogens with one attached hydrogen (secondary N) is 1. The minimum Gasteiger partial charge on any atom is -0.336 e. The topological polar surface area (TPSA) is 86.6 Å². The third-order valence-corrected chi connectivity index (χ3v) is 5.87. The molecule has 1 aliphatic heterocycles. The minimum absolute atomic E-state index is 0.0193. The van der Waals surface area contributed by atoms with E-state index in [2.05, 4.69) is 20.1 Å². The average Bonchev–Trinajstić information content (AvgIpc) is 3.37. The van der Waals surface area contributed by atoms with E-state index in [1.807, 2.05) is 28.5 Å². The first-order valence-corrected chi connectivity index (χ1v) is 9.96. The van der Waals surface area contributed by atoms with Crippen LogP contribution < -0.4 is 5.56 Å². The largest absolute Gasteiger partial charge is 0.336 e. The summed E-state index contributed by atoms with van der Waals surface area (Å²) in [5, 5.41) is 9.75. The number of H-pyrrole nitrogens is 1. The number of carbonyl (C=O) groups is 1. The number of aromatic amines is 1. The van der Waals surface area contributed by atoms with Crippen LogP contribution in [0.2, 0.25) is 0 Å². The molecule has 8 nitrogen and oxygen atoms in total. The van der Waals surface area contributed by atoms with Crippen LogP contribution in [0.25, 0.3) is 15.9 Å². The number of amides is 1. The lowest BCUT2D eigenvalue weighted by atomic mass is 10.1. The fraction of sp³-hybridized carbons (Fsp3) is 0.263. The van der Waals surface area contributed by atoms with Gasteiger partial charge in [-0.3, -0.25) is 24.0 Å². The normalized spacial score (nSPS) is 15.5. The first kappa shape index (κ1) is 17.1. The number of fused-ring (bicyclic) bond motifs is 2. The molecule has 1 N–H and O–H groups in total. The molecule has 0 saturated carbocycles. The van der Waals surface area contributed by atoms with Crippen LogP contribution in [0.15, 0.2) is 46.8 Å². The van der Waals surface area contributed by atoms with Crippen molar-refractivity contribution < 1.29 is 4.79 Å². The van der Waals surface area contributed by atoms with Gasteiger partial charge in [-0.05, 0) is 6.07 Å². The summed E-state index contributed by atoms with van der Waals surface area (Å²) in [7, 11) is 0. The Balaban J connectivity index is 1.27. The Morgan fingerprint density at radius 3 is 2.93 bits per heavy atom. The highest BCUT2D eigenvalue weighted by atomic mass is 32.1. The standard InChI is InChI=1S/C19H18N6O2S/c26-16-10-14(21-19-25(16)8-9-28-19)12-23-4-6-24(7-5-23)18(27)15-3-1-2-13-11-20-22-17(13)15/h1-3,8-11H,4-7,12H2,(H,20,22). The van der Waals surface area contributed by atoms with Crippen molar-refractivity contribution in [2.24, 2.45) is 0 Å². The number of thiazole rings is 1. The highest BCUT2D eigenvalue weighted by Crippen LogP contribution is 2.19. The molecule has 1 aromatic carbocycles. The molecule has 0 radical (unpaired) electrons. The third kappa shape index (κ3) is 2.98. The van der Waals surface area contributed by atoms with Gasteiger partial charge < -0.3 is 4.90 Å². The summed E-state index contributed by atoms with van der Waals surface area (Å²) in [6.07, 6.45) is 3.47. The molecular weight excluding hydrogens is 376 g/mol. The fourth-order valence-corrected chi connectivity index (χ4v) is 4.36. The van der Waals surface area contributed by atoms with Crippen molar-refractivity contribution in [2.45, 2.75) is 6.54 Å². The number of hydrogen-bond acceptors (Lipinski definition) is 6. The van der Waals surface area contributed by atoms with E-state index in [0.717, 1.165) is 29.7 Å². The number of piperazine rings is 1. The van der Waals surface area contributed by atoms with Crippen molar-refractivity contribution in [2.75, 3.05) is 26.2 Å². The van der Waals surface area contributed by atoms with E-state index >= 15 is 0 Å². The molecule has 1 fully saturated rings. The van der Waals surface area contributed by atoms with E-state index in [1.54, 1.807) is 22.9 Å². The van der Waals surface area contributed by atoms with Crippen molar-refractivity contribution >= 4 is 33.1 Å². The number of para-hydroxylation sites is 1. The van der Waals surface area contributed by atoms with Gasteiger partial charge in [0.25, 0.3) is 11.5 Å². The second-order valence-electron chi connectivity index (χ2n) is 6.85. The maximum atomic E-state index is 12.9. The van der Waals surface area contributed by atoms with E-state index < -0.39 is 0 Å².